The summed E-state index contributed by atoms with van der Waals surface area (Å²) in [5.41, 5.74) is 0. The third-order valence-electron chi connectivity index (χ3n) is 15.8. The van der Waals surface area contributed by atoms with Crippen LogP contribution in [0.5, 0.6) is 0 Å². The number of phosphoric ester groups is 2. The zero-order chi connectivity index (χ0) is 63.6. The number of aliphatic hydroxyl groups is 1. The van der Waals surface area contributed by atoms with Crippen molar-refractivity contribution < 1.29 is 80.2 Å². The van der Waals surface area contributed by atoms with Gasteiger partial charge in [0.15, 0.2) is 12.2 Å². The molecule has 0 rings (SSSR count). The Morgan fingerprint density at radius 2 is 0.593 bits per heavy atom. The molecule has 510 valence electrons. The van der Waals surface area contributed by atoms with Crippen LogP contribution in [0.3, 0.4) is 0 Å². The van der Waals surface area contributed by atoms with Crippen molar-refractivity contribution in [3.8, 4) is 0 Å². The molecule has 0 aromatic rings. The number of hydrogen-bond acceptors (Lipinski definition) is 15. The Bertz CT molecular complexity index is 1690. The van der Waals surface area contributed by atoms with Gasteiger partial charge in [-0.1, -0.05) is 286 Å². The fourth-order valence-electron chi connectivity index (χ4n) is 10.0. The maximum absolute atomic E-state index is 13.0. The van der Waals surface area contributed by atoms with Crippen LogP contribution in [-0.4, -0.2) is 96.7 Å². The van der Waals surface area contributed by atoms with Gasteiger partial charge in [-0.2, -0.15) is 0 Å². The van der Waals surface area contributed by atoms with Crippen LogP contribution >= 0.6 is 15.6 Å². The number of carbonyl (C=O) groups is 4. The second-order valence-electron chi connectivity index (χ2n) is 24.9. The molecule has 19 heteroatoms. The molecule has 0 heterocycles. The summed E-state index contributed by atoms with van der Waals surface area (Å²) in [4.78, 5) is 72.4. The normalized spacial score (nSPS) is 14.5. The van der Waals surface area contributed by atoms with Crippen LogP contribution in [0.15, 0.2) is 0 Å². The molecule has 0 bridgehead atoms. The monoisotopic (exact) mass is 1270 g/mol. The molecule has 0 aromatic carbocycles. The molecule has 3 N–H and O–H groups in total. The predicted octanol–water partition coefficient (Wildman–Crippen LogP) is 18.8. The first-order chi connectivity index (χ1) is 41.4. The highest BCUT2D eigenvalue weighted by molar-refractivity contribution is 7.47. The van der Waals surface area contributed by atoms with Crippen molar-refractivity contribution in [2.75, 3.05) is 39.6 Å². The van der Waals surface area contributed by atoms with Crippen molar-refractivity contribution in [2.45, 2.75) is 355 Å². The highest BCUT2D eigenvalue weighted by Gasteiger charge is 2.30. The summed E-state index contributed by atoms with van der Waals surface area (Å²) < 4.78 is 68.1. The van der Waals surface area contributed by atoms with Crippen molar-refractivity contribution in [1.29, 1.82) is 0 Å². The lowest BCUT2D eigenvalue weighted by Gasteiger charge is -2.21. The third kappa shape index (κ3) is 59.7. The number of hydrogen-bond donors (Lipinski definition) is 3. The number of ether oxygens (including phenoxy) is 4. The van der Waals surface area contributed by atoms with E-state index in [1.807, 2.05) is 0 Å². The lowest BCUT2D eigenvalue weighted by atomic mass is 10.00. The molecular formula is C67H130O17P2. The van der Waals surface area contributed by atoms with Gasteiger partial charge in [-0.15, -0.1) is 0 Å². The molecule has 86 heavy (non-hydrogen) atoms. The maximum atomic E-state index is 13.0. The quantitative estimate of drug-likeness (QED) is 0.0222. The fourth-order valence-corrected chi connectivity index (χ4v) is 11.6. The van der Waals surface area contributed by atoms with Crippen LogP contribution in [-0.2, 0) is 65.4 Å². The molecule has 6 atom stereocenters. The van der Waals surface area contributed by atoms with E-state index in [0.717, 1.165) is 108 Å². The van der Waals surface area contributed by atoms with Crippen LogP contribution in [0.1, 0.15) is 337 Å². The molecule has 3 unspecified atom stereocenters. The van der Waals surface area contributed by atoms with Crippen molar-refractivity contribution in [2.24, 2.45) is 11.8 Å². The Balaban J connectivity index is 5.25. The first kappa shape index (κ1) is 84.1. The number of unbranched alkanes of at least 4 members (excludes halogenated alkanes) is 35. The van der Waals surface area contributed by atoms with Gasteiger partial charge < -0.3 is 33.8 Å². The van der Waals surface area contributed by atoms with Gasteiger partial charge in [-0.3, -0.25) is 37.3 Å². The van der Waals surface area contributed by atoms with E-state index in [4.69, 9.17) is 37.0 Å². The van der Waals surface area contributed by atoms with Gasteiger partial charge in [0, 0.05) is 25.7 Å². The van der Waals surface area contributed by atoms with Crippen LogP contribution in [0.4, 0.5) is 0 Å². The van der Waals surface area contributed by atoms with E-state index in [0.29, 0.717) is 25.7 Å². The van der Waals surface area contributed by atoms with Crippen molar-refractivity contribution in [1.82, 2.24) is 0 Å². The Morgan fingerprint density at radius 3 is 0.884 bits per heavy atom. The summed E-state index contributed by atoms with van der Waals surface area (Å²) in [6.07, 6.45) is 43.0. The van der Waals surface area contributed by atoms with E-state index in [-0.39, 0.29) is 25.7 Å². The molecule has 0 aliphatic carbocycles. The minimum absolute atomic E-state index is 0.106. The van der Waals surface area contributed by atoms with Gasteiger partial charge in [-0.25, -0.2) is 9.13 Å². The van der Waals surface area contributed by atoms with Crippen molar-refractivity contribution in [3.63, 3.8) is 0 Å². The molecular weight excluding hydrogens is 1140 g/mol. The average molecular weight is 1270 g/mol. The zero-order valence-electron chi connectivity index (χ0n) is 55.6. The van der Waals surface area contributed by atoms with Gasteiger partial charge in [0.2, 0.25) is 0 Å². The van der Waals surface area contributed by atoms with Gasteiger partial charge in [-0.05, 0) is 37.5 Å². The van der Waals surface area contributed by atoms with Crippen molar-refractivity contribution >= 4 is 39.5 Å². The smallest absolute Gasteiger partial charge is 0.462 e. The lowest BCUT2D eigenvalue weighted by molar-refractivity contribution is -0.161. The molecule has 17 nitrogen and oxygen atoms in total. The minimum atomic E-state index is -4.95. The Kier molecular flexibility index (Phi) is 58.0. The average Bonchev–Trinajstić information content (AvgIpc) is 3.60. The summed E-state index contributed by atoms with van der Waals surface area (Å²) in [6.45, 7) is 9.45. The third-order valence-corrected chi connectivity index (χ3v) is 17.7. The zero-order valence-corrected chi connectivity index (χ0v) is 57.4. The van der Waals surface area contributed by atoms with Crippen LogP contribution in [0.2, 0.25) is 0 Å². The molecule has 0 aromatic heterocycles. The minimum Gasteiger partial charge on any atom is -0.462 e. The molecule has 0 aliphatic rings. The van der Waals surface area contributed by atoms with Crippen LogP contribution in [0, 0.1) is 11.8 Å². The molecule has 0 fully saturated rings. The highest BCUT2D eigenvalue weighted by atomic mass is 31.2. The number of rotatable bonds is 66. The Labute approximate surface area is 524 Å². The number of carbonyl (C=O) groups excluding carboxylic acids is 4. The second-order valence-corrected chi connectivity index (χ2v) is 27.8. The number of esters is 4. The maximum Gasteiger partial charge on any atom is 0.472 e. The van der Waals surface area contributed by atoms with E-state index in [1.54, 1.807) is 0 Å². The standard InChI is InChI=1S/C67H130O17P2/c1-7-10-12-14-16-18-20-21-22-24-26-32-40-46-52-67(72)83-62(55-77-64(69)49-43-37-30-28-27-29-35-41-47-59(4)5)57-81-85(73,74)79-53-61(68)54-80-86(75,76)82-58-63(56-78-65(70)50-44-38-34-33-36-42-48-60(6)9-3)84-66(71)51-45-39-31-25-23-19-17-15-13-11-8-2/h59-63,68H,7-58H2,1-6H3,(H,73,74)(H,75,76)/t60?,61-,62-,63-/m1/s1. The molecule has 0 saturated carbocycles. The van der Waals surface area contributed by atoms with E-state index in [9.17, 15) is 43.2 Å². The Hall–Kier alpha value is -1.94. The van der Waals surface area contributed by atoms with Gasteiger partial charge in [0.1, 0.15) is 19.3 Å². The van der Waals surface area contributed by atoms with Crippen LogP contribution in [0.25, 0.3) is 0 Å². The highest BCUT2D eigenvalue weighted by Crippen LogP contribution is 2.45. The summed E-state index contributed by atoms with van der Waals surface area (Å²) in [5, 5.41) is 10.6. The van der Waals surface area contributed by atoms with E-state index < -0.39 is 97.5 Å². The van der Waals surface area contributed by atoms with Gasteiger partial charge in [0.25, 0.3) is 0 Å². The van der Waals surface area contributed by atoms with E-state index in [1.165, 1.54) is 148 Å². The molecule has 0 aliphatic heterocycles. The number of phosphoric acid groups is 2. The molecule has 0 radical (unpaired) electrons. The SMILES string of the molecule is CCCCCCCCCCCCCCCCC(=O)O[C@H](COC(=O)CCCCCCCCCCC(C)C)COP(=O)(O)OC[C@@H](O)COP(=O)(O)OC[C@@H](COC(=O)CCCCCCCCC(C)CC)OC(=O)CCCCCCCCCCCCC. The van der Waals surface area contributed by atoms with Crippen molar-refractivity contribution in [3.05, 3.63) is 0 Å². The summed E-state index contributed by atoms with van der Waals surface area (Å²) in [6, 6.07) is 0. The van der Waals surface area contributed by atoms with Gasteiger partial charge >= 0.3 is 39.5 Å². The summed E-state index contributed by atoms with van der Waals surface area (Å²) >= 11 is 0. The predicted molar refractivity (Wildman–Crippen MR) is 345 cm³/mol. The Morgan fingerprint density at radius 1 is 0.337 bits per heavy atom. The van der Waals surface area contributed by atoms with Gasteiger partial charge in [0.05, 0.1) is 26.4 Å². The van der Waals surface area contributed by atoms with E-state index >= 15 is 0 Å². The molecule has 0 spiro atoms. The molecule has 0 saturated heterocycles. The largest absolute Gasteiger partial charge is 0.472 e. The topological polar surface area (TPSA) is 237 Å². The first-order valence-electron chi connectivity index (χ1n) is 35.0. The lowest BCUT2D eigenvalue weighted by Crippen LogP contribution is -2.30. The number of aliphatic hydroxyl groups excluding tert-OH is 1. The van der Waals surface area contributed by atoms with Crippen LogP contribution < -0.4 is 0 Å². The summed E-state index contributed by atoms with van der Waals surface area (Å²) in [7, 11) is -9.89. The van der Waals surface area contributed by atoms with E-state index in [2.05, 4.69) is 41.5 Å². The first-order valence-corrected chi connectivity index (χ1v) is 38.0. The second kappa shape index (κ2) is 59.4. The fraction of sp³-hybridized carbons (Fsp3) is 0.940. The molecule has 0 amide bonds. The summed E-state index contributed by atoms with van der Waals surface area (Å²) in [5.74, 6) is -0.671.